The summed E-state index contributed by atoms with van der Waals surface area (Å²) in [4.78, 5) is 14.7. The van der Waals surface area contributed by atoms with Crippen molar-refractivity contribution >= 4 is 32.8 Å². The maximum atomic E-state index is 12.5. The molecule has 0 saturated carbocycles. The fraction of sp³-hybridized carbons (Fsp3) is 0.250. The number of rotatable bonds is 2. The molecule has 0 saturated heterocycles. The van der Waals surface area contributed by atoms with E-state index in [1.54, 1.807) is 6.92 Å². The van der Waals surface area contributed by atoms with Gasteiger partial charge >= 0.3 is 0 Å². The Labute approximate surface area is 92.4 Å². The summed E-state index contributed by atoms with van der Waals surface area (Å²) in [5.74, 6) is 0. The first-order valence-corrected chi connectivity index (χ1v) is 4.75. The number of aromatic nitrogens is 1. The number of hydrogen-bond acceptors (Lipinski definition) is 2. The molecule has 0 spiro atoms. The van der Waals surface area contributed by atoms with Gasteiger partial charge in [-0.3, -0.25) is 4.79 Å². The van der Waals surface area contributed by atoms with Crippen molar-refractivity contribution in [1.29, 1.82) is 0 Å². The number of nitrogens with zero attached hydrogens (tertiary/aromatic N) is 1. The smallest absolute Gasteiger partial charge is 0.264 e. The van der Waals surface area contributed by atoms with Gasteiger partial charge in [0.25, 0.3) is 11.7 Å². The number of aryl methyl sites for hydroxylation is 1. The molecular weight excluding hydrogens is 279 g/mol. The largest absolute Gasteiger partial charge is 0.275 e. The van der Waals surface area contributed by atoms with Crippen LogP contribution in [0.4, 0.5) is 8.78 Å². The monoisotopic (exact) mass is 283 g/mol. The summed E-state index contributed by atoms with van der Waals surface area (Å²) in [6, 6.07) is 1.14. The number of carbonyl (C=O) groups is 1. The van der Waals surface area contributed by atoms with Crippen LogP contribution in [-0.4, -0.2) is 10.2 Å². The summed E-state index contributed by atoms with van der Waals surface area (Å²) in [7, 11) is 0. The first kappa shape index (κ1) is 11.5. The zero-order valence-corrected chi connectivity index (χ0v) is 9.36. The van der Waals surface area contributed by atoms with Crippen LogP contribution >= 0.6 is 27.5 Å². The van der Waals surface area contributed by atoms with Gasteiger partial charge < -0.3 is 0 Å². The van der Waals surface area contributed by atoms with Crippen LogP contribution in [0.1, 0.15) is 28.0 Å². The molecule has 0 N–H and O–H groups in total. The van der Waals surface area contributed by atoms with Crippen molar-refractivity contribution in [2.75, 3.05) is 0 Å². The van der Waals surface area contributed by atoms with Gasteiger partial charge in [-0.1, -0.05) is 0 Å². The lowest BCUT2D eigenvalue weighted by atomic mass is 10.1. The SMILES string of the molecule is Cc1cc(C(F)F)c(C(=O)Cl)c(Br)n1. The summed E-state index contributed by atoms with van der Waals surface area (Å²) in [6.07, 6.45) is -2.74. The van der Waals surface area contributed by atoms with Crippen LogP contribution in [-0.2, 0) is 0 Å². The van der Waals surface area contributed by atoms with Gasteiger partial charge in [-0.05, 0) is 40.5 Å². The molecule has 2 nitrogen and oxygen atoms in total. The molecule has 0 fully saturated rings. The predicted molar refractivity (Wildman–Crippen MR) is 51.8 cm³/mol. The minimum atomic E-state index is -2.74. The Morgan fingerprint density at radius 2 is 2.21 bits per heavy atom. The lowest BCUT2D eigenvalue weighted by Crippen LogP contribution is -2.03. The van der Waals surface area contributed by atoms with Crippen molar-refractivity contribution in [3.05, 3.63) is 27.5 Å². The molecule has 0 radical (unpaired) electrons. The topological polar surface area (TPSA) is 30.0 Å². The van der Waals surface area contributed by atoms with E-state index in [4.69, 9.17) is 11.6 Å². The van der Waals surface area contributed by atoms with Gasteiger partial charge in [0.2, 0.25) is 0 Å². The second-order valence-electron chi connectivity index (χ2n) is 2.59. The molecule has 0 bridgehead atoms. The van der Waals surface area contributed by atoms with Crippen molar-refractivity contribution in [3.63, 3.8) is 0 Å². The van der Waals surface area contributed by atoms with Crippen molar-refractivity contribution < 1.29 is 13.6 Å². The van der Waals surface area contributed by atoms with Crippen LogP contribution in [0.3, 0.4) is 0 Å². The Morgan fingerprint density at radius 3 is 2.64 bits per heavy atom. The Kier molecular flexibility index (Phi) is 3.55. The minimum Gasteiger partial charge on any atom is -0.275 e. The van der Waals surface area contributed by atoms with E-state index in [2.05, 4.69) is 20.9 Å². The molecule has 1 rings (SSSR count). The van der Waals surface area contributed by atoms with Crippen molar-refractivity contribution in [1.82, 2.24) is 4.98 Å². The Morgan fingerprint density at radius 1 is 1.64 bits per heavy atom. The summed E-state index contributed by atoms with van der Waals surface area (Å²) in [6.45, 7) is 1.55. The zero-order chi connectivity index (χ0) is 10.9. The molecule has 1 aromatic rings. The van der Waals surface area contributed by atoms with E-state index in [-0.39, 0.29) is 10.2 Å². The number of carbonyl (C=O) groups excluding carboxylic acids is 1. The van der Waals surface area contributed by atoms with Gasteiger partial charge in [-0.25, -0.2) is 13.8 Å². The fourth-order valence-electron chi connectivity index (χ4n) is 1.03. The second kappa shape index (κ2) is 4.31. The van der Waals surface area contributed by atoms with Gasteiger partial charge in [0, 0.05) is 11.3 Å². The van der Waals surface area contributed by atoms with E-state index < -0.39 is 17.2 Å². The molecule has 76 valence electrons. The lowest BCUT2D eigenvalue weighted by Gasteiger charge is -2.07. The average molecular weight is 284 g/mol. The Hall–Kier alpha value is -0.550. The Balaban J connectivity index is 3.44. The third kappa shape index (κ3) is 2.27. The molecular formula is C8H5BrClF2NO. The molecule has 1 aromatic heterocycles. The third-order valence-electron chi connectivity index (χ3n) is 1.57. The first-order valence-electron chi connectivity index (χ1n) is 3.58. The van der Waals surface area contributed by atoms with Crippen LogP contribution < -0.4 is 0 Å². The second-order valence-corrected chi connectivity index (χ2v) is 3.69. The van der Waals surface area contributed by atoms with Crippen molar-refractivity contribution in [2.45, 2.75) is 13.3 Å². The maximum Gasteiger partial charge on any atom is 0.264 e. The van der Waals surface area contributed by atoms with E-state index in [1.165, 1.54) is 0 Å². The molecule has 0 amide bonds. The van der Waals surface area contributed by atoms with Gasteiger partial charge in [-0.15, -0.1) is 0 Å². The van der Waals surface area contributed by atoms with Crippen molar-refractivity contribution in [3.8, 4) is 0 Å². The fourth-order valence-corrected chi connectivity index (χ4v) is 2.03. The molecule has 0 atom stereocenters. The molecule has 0 aliphatic rings. The summed E-state index contributed by atoms with van der Waals surface area (Å²) >= 11 is 8.08. The highest BCUT2D eigenvalue weighted by Gasteiger charge is 2.21. The minimum absolute atomic E-state index is 0.0489. The van der Waals surface area contributed by atoms with Gasteiger partial charge in [0.15, 0.2) is 0 Å². The number of halogens is 4. The summed E-state index contributed by atoms with van der Waals surface area (Å²) in [5.41, 5.74) is -0.273. The van der Waals surface area contributed by atoms with E-state index in [1.807, 2.05) is 0 Å². The molecule has 6 heteroatoms. The van der Waals surface area contributed by atoms with E-state index in [0.717, 1.165) is 6.07 Å². The number of alkyl halides is 2. The normalized spacial score (nSPS) is 10.7. The molecule has 0 aliphatic heterocycles. The summed E-state index contributed by atoms with van der Waals surface area (Å²) < 4.78 is 25.0. The Bertz CT molecular complexity index is 384. The highest BCUT2D eigenvalue weighted by atomic mass is 79.9. The van der Waals surface area contributed by atoms with Crippen LogP contribution in [0, 0.1) is 6.92 Å². The zero-order valence-electron chi connectivity index (χ0n) is 7.02. The van der Waals surface area contributed by atoms with Gasteiger partial charge in [-0.2, -0.15) is 0 Å². The van der Waals surface area contributed by atoms with Gasteiger partial charge in [0.1, 0.15) is 4.60 Å². The summed E-state index contributed by atoms with van der Waals surface area (Å²) in [5, 5.41) is -0.945. The van der Waals surface area contributed by atoms with Crippen molar-refractivity contribution in [2.24, 2.45) is 0 Å². The molecule has 0 aromatic carbocycles. The third-order valence-corrected chi connectivity index (χ3v) is 2.33. The number of hydrogen-bond donors (Lipinski definition) is 0. The van der Waals surface area contributed by atoms with Crippen LogP contribution in [0.5, 0.6) is 0 Å². The highest BCUT2D eigenvalue weighted by molar-refractivity contribution is 9.10. The van der Waals surface area contributed by atoms with Crippen LogP contribution in [0.2, 0.25) is 0 Å². The first-order chi connectivity index (χ1) is 6.43. The molecule has 14 heavy (non-hydrogen) atoms. The average Bonchev–Trinajstić information content (AvgIpc) is 2.01. The van der Waals surface area contributed by atoms with E-state index in [9.17, 15) is 13.6 Å². The standard InChI is InChI=1S/C8H5BrClF2NO/c1-3-2-4(8(11)12)5(7(10)14)6(9)13-3/h2,8H,1H3. The molecule has 0 unspecified atom stereocenters. The molecule has 0 aliphatic carbocycles. The molecule has 1 heterocycles. The number of pyridine rings is 1. The van der Waals surface area contributed by atoms with Crippen LogP contribution in [0.25, 0.3) is 0 Å². The maximum absolute atomic E-state index is 12.5. The quantitative estimate of drug-likeness (QED) is 0.615. The van der Waals surface area contributed by atoms with Crippen LogP contribution in [0.15, 0.2) is 10.7 Å². The highest BCUT2D eigenvalue weighted by Crippen LogP contribution is 2.29. The van der Waals surface area contributed by atoms with E-state index >= 15 is 0 Å². The van der Waals surface area contributed by atoms with E-state index in [0.29, 0.717) is 5.69 Å². The lowest BCUT2D eigenvalue weighted by molar-refractivity contribution is 0.106. The predicted octanol–water partition coefficient (Wildman–Crippen LogP) is 3.47. The van der Waals surface area contributed by atoms with Gasteiger partial charge in [0.05, 0.1) is 5.56 Å².